The van der Waals surface area contributed by atoms with Crippen molar-refractivity contribution in [1.29, 1.82) is 0 Å². The first-order valence-corrected chi connectivity index (χ1v) is 7.78. The lowest BCUT2D eigenvalue weighted by atomic mass is 10.1. The molecule has 0 N–H and O–H groups in total. The number of carbonyl (C=O) groups excluding carboxylic acids is 1. The first-order chi connectivity index (χ1) is 9.84. The molecule has 3 nitrogen and oxygen atoms in total. The van der Waals surface area contributed by atoms with Gasteiger partial charge in [0.2, 0.25) is 0 Å². The molecule has 2 heterocycles. The number of nitrogens with zero attached hydrogens (tertiary/aromatic N) is 1. The molecular formula is C16H17NO2S. The average Bonchev–Trinajstić information content (AvgIpc) is 3.15. The molecule has 2 aromatic rings. The predicted molar refractivity (Wildman–Crippen MR) is 79.9 cm³/mol. The number of benzene rings is 1. The summed E-state index contributed by atoms with van der Waals surface area (Å²) in [7, 11) is 0. The molecule has 0 aliphatic carbocycles. The number of thiophene rings is 1. The highest BCUT2D eigenvalue weighted by molar-refractivity contribution is 7.07. The Morgan fingerprint density at radius 2 is 2.15 bits per heavy atom. The van der Waals surface area contributed by atoms with Crippen LogP contribution in [0.4, 0.5) is 0 Å². The summed E-state index contributed by atoms with van der Waals surface area (Å²) >= 11 is 1.68. The van der Waals surface area contributed by atoms with E-state index in [9.17, 15) is 4.79 Å². The molecule has 0 spiro atoms. The van der Waals surface area contributed by atoms with E-state index in [2.05, 4.69) is 16.8 Å². The fourth-order valence-corrected chi connectivity index (χ4v) is 3.33. The van der Waals surface area contributed by atoms with Crippen LogP contribution in [0.15, 0.2) is 47.2 Å². The van der Waals surface area contributed by atoms with Crippen molar-refractivity contribution in [3.63, 3.8) is 0 Å². The zero-order valence-corrected chi connectivity index (χ0v) is 12.0. The highest BCUT2D eigenvalue weighted by Crippen LogP contribution is 2.33. The van der Waals surface area contributed by atoms with Crippen LogP contribution >= 0.6 is 11.3 Å². The first-order valence-electron chi connectivity index (χ1n) is 6.84. The third-order valence-electron chi connectivity index (χ3n) is 3.61. The van der Waals surface area contributed by atoms with Gasteiger partial charge >= 0.3 is 0 Å². The van der Waals surface area contributed by atoms with Crippen molar-refractivity contribution in [3.8, 4) is 5.75 Å². The van der Waals surface area contributed by atoms with E-state index in [1.165, 1.54) is 5.56 Å². The minimum Gasteiger partial charge on any atom is -0.484 e. The Kier molecular flexibility index (Phi) is 4.02. The van der Waals surface area contributed by atoms with Gasteiger partial charge in [-0.1, -0.05) is 18.2 Å². The molecule has 1 aliphatic heterocycles. The van der Waals surface area contributed by atoms with Crippen molar-refractivity contribution in [2.75, 3.05) is 13.2 Å². The van der Waals surface area contributed by atoms with Crippen LogP contribution in [0.3, 0.4) is 0 Å². The van der Waals surface area contributed by atoms with E-state index in [0.29, 0.717) is 0 Å². The molecule has 1 aromatic carbocycles. The molecule has 1 aliphatic rings. The number of para-hydroxylation sites is 1. The summed E-state index contributed by atoms with van der Waals surface area (Å²) in [5.41, 5.74) is 1.25. The maximum Gasteiger partial charge on any atom is 0.261 e. The molecule has 1 atom stereocenters. The van der Waals surface area contributed by atoms with Gasteiger partial charge in [0.1, 0.15) is 5.75 Å². The third kappa shape index (κ3) is 2.85. The Hall–Kier alpha value is -1.81. The van der Waals surface area contributed by atoms with E-state index in [0.717, 1.165) is 25.1 Å². The quantitative estimate of drug-likeness (QED) is 0.861. The number of hydrogen-bond acceptors (Lipinski definition) is 3. The molecule has 1 saturated heterocycles. The lowest BCUT2D eigenvalue weighted by Gasteiger charge is -2.24. The first kappa shape index (κ1) is 13.2. The van der Waals surface area contributed by atoms with Crippen molar-refractivity contribution in [2.24, 2.45) is 0 Å². The maximum absolute atomic E-state index is 12.3. The number of carbonyl (C=O) groups is 1. The Bertz CT molecular complexity index is 553. The van der Waals surface area contributed by atoms with Crippen molar-refractivity contribution < 1.29 is 9.53 Å². The highest BCUT2D eigenvalue weighted by Gasteiger charge is 2.30. The van der Waals surface area contributed by atoms with E-state index in [-0.39, 0.29) is 18.6 Å². The van der Waals surface area contributed by atoms with Gasteiger partial charge in [-0.25, -0.2) is 0 Å². The monoisotopic (exact) mass is 287 g/mol. The van der Waals surface area contributed by atoms with Crippen LogP contribution in [0, 0.1) is 0 Å². The van der Waals surface area contributed by atoms with Crippen LogP contribution in [0.1, 0.15) is 24.4 Å². The van der Waals surface area contributed by atoms with Crippen molar-refractivity contribution in [2.45, 2.75) is 18.9 Å². The third-order valence-corrected chi connectivity index (χ3v) is 4.31. The summed E-state index contributed by atoms with van der Waals surface area (Å²) in [6, 6.07) is 11.8. The van der Waals surface area contributed by atoms with Crippen molar-refractivity contribution in [3.05, 3.63) is 52.7 Å². The maximum atomic E-state index is 12.3. The molecule has 4 heteroatoms. The van der Waals surface area contributed by atoms with E-state index in [1.54, 1.807) is 11.3 Å². The molecule has 3 rings (SSSR count). The lowest BCUT2D eigenvalue weighted by molar-refractivity contribution is -0.134. The van der Waals surface area contributed by atoms with E-state index >= 15 is 0 Å². The van der Waals surface area contributed by atoms with Crippen LogP contribution in [0.25, 0.3) is 0 Å². The van der Waals surface area contributed by atoms with Crippen LogP contribution in [-0.2, 0) is 4.79 Å². The average molecular weight is 287 g/mol. The van der Waals surface area contributed by atoms with E-state index in [4.69, 9.17) is 4.74 Å². The minimum atomic E-state index is 0.0718. The number of hydrogen-bond donors (Lipinski definition) is 0. The number of likely N-dealkylation sites (tertiary alicyclic amines) is 1. The summed E-state index contributed by atoms with van der Waals surface area (Å²) in [6.07, 6.45) is 2.12. The molecule has 0 unspecified atom stereocenters. The molecule has 1 aromatic heterocycles. The topological polar surface area (TPSA) is 29.5 Å². The zero-order chi connectivity index (χ0) is 13.8. The van der Waals surface area contributed by atoms with Crippen LogP contribution in [0.2, 0.25) is 0 Å². The number of ether oxygens (including phenoxy) is 1. The second-order valence-corrected chi connectivity index (χ2v) is 5.68. The van der Waals surface area contributed by atoms with Gasteiger partial charge in [-0.2, -0.15) is 11.3 Å². The smallest absolute Gasteiger partial charge is 0.261 e. The second-order valence-electron chi connectivity index (χ2n) is 4.90. The number of rotatable bonds is 4. The SMILES string of the molecule is O=C(COc1ccccc1)N1CCC[C@@H]1c1ccsc1. The Balaban J connectivity index is 1.62. The predicted octanol–water partition coefficient (Wildman–Crippen LogP) is 3.49. The molecule has 1 amide bonds. The zero-order valence-electron chi connectivity index (χ0n) is 11.2. The minimum absolute atomic E-state index is 0.0718. The van der Waals surface area contributed by atoms with Crippen LogP contribution < -0.4 is 4.74 Å². The summed E-state index contributed by atoms with van der Waals surface area (Å²) in [6.45, 7) is 0.947. The molecular weight excluding hydrogens is 270 g/mol. The van der Waals surface area contributed by atoms with Gasteiger partial charge in [0, 0.05) is 6.54 Å². The van der Waals surface area contributed by atoms with Crippen molar-refractivity contribution >= 4 is 17.2 Å². The molecule has 1 fully saturated rings. The summed E-state index contributed by atoms with van der Waals surface area (Å²) in [5, 5.41) is 4.20. The van der Waals surface area contributed by atoms with Crippen LogP contribution in [0.5, 0.6) is 5.75 Å². The van der Waals surface area contributed by atoms with Gasteiger partial charge in [-0.15, -0.1) is 0 Å². The highest BCUT2D eigenvalue weighted by atomic mass is 32.1. The van der Waals surface area contributed by atoms with Crippen LogP contribution in [-0.4, -0.2) is 24.0 Å². The van der Waals surface area contributed by atoms with E-state index in [1.807, 2.05) is 35.2 Å². The van der Waals surface area contributed by atoms with Gasteiger partial charge in [0.05, 0.1) is 6.04 Å². The molecule has 0 saturated carbocycles. The molecule has 20 heavy (non-hydrogen) atoms. The normalized spacial score (nSPS) is 18.2. The largest absolute Gasteiger partial charge is 0.484 e. The van der Waals surface area contributed by atoms with Gasteiger partial charge in [-0.05, 0) is 47.4 Å². The lowest BCUT2D eigenvalue weighted by Crippen LogP contribution is -2.34. The Labute approximate surface area is 122 Å². The van der Waals surface area contributed by atoms with E-state index < -0.39 is 0 Å². The molecule has 0 radical (unpaired) electrons. The number of amides is 1. The fraction of sp³-hybridized carbons (Fsp3) is 0.312. The second kappa shape index (κ2) is 6.09. The molecule has 0 bridgehead atoms. The van der Waals surface area contributed by atoms with Gasteiger partial charge in [-0.3, -0.25) is 4.79 Å². The summed E-state index contributed by atoms with van der Waals surface area (Å²) in [5.74, 6) is 0.815. The summed E-state index contributed by atoms with van der Waals surface area (Å²) in [4.78, 5) is 14.3. The van der Waals surface area contributed by atoms with Crippen molar-refractivity contribution in [1.82, 2.24) is 4.90 Å². The van der Waals surface area contributed by atoms with Gasteiger partial charge in [0.25, 0.3) is 5.91 Å². The molecule has 104 valence electrons. The Morgan fingerprint density at radius 1 is 1.30 bits per heavy atom. The van der Waals surface area contributed by atoms with Gasteiger partial charge < -0.3 is 9.64 Å². The van der Waals surface area contributed by atoms with Gasteiger partial charge in [0.15, 0.2) is 6.61 Å². The standard InChI is InChI=1S/C16H17NO2S/c18-16(11-19-14-5-2-1-3-6-14)17-9-4-7-15(17)13-8-10-20-12-13/h1-3,5-6,8,10,12,15H,4,7,9,11H2/t15-/m1/s1. The Morgan fingerprint density at radius 3 is 2.90 bits per heavy atom. The fourth-order valence-electron chi connectivity index (χ4n) is 2.62. The summed E-state index contributed by atoms with van der Waals surface area (Å²) < 4.78 is 5.56.